The van der Waals surface area contributed by atoms with Crippen LogP contribution in [0, 0.1) is 5.92 Å². The van der Waals surface area contributed by atoms with Crippen LogP contribution >= 0.6 is 0 Å². The molecular formula is C15H23NO. The van der Waals surface area contributed by atoms with Crippen molar-refractivity contribution in [3.63, 3.8) is 0 Å². The van der Waals surface area contributed by atoms with Gasteiger partial charge in [-0.25, -0.2) is 0 Å². The van der Waals surface area contributed by atoms with Gasteiger partial charge >= 0.3 is 0 Å². The third-order valence-corrected chi connectivity index (χ3v) is 3.41. The molecule has 17 heavy (non-hydrogen) atoms. The van der Waals surface area contributed by atoms with E-state index in [4.69, 9.17) is 4.74 Å². The van der Waals surface area contributed by atoms with Crippen LogP contribution in [0.25, 0.3) is 0 Å². The number of benzene rings is 1. The highest BCUT2D eigenvalue weighted by Crippen LogP contribution is 2.26. The van der Waals surface area contributed by atoms with Crippen LogP contribution < -0.4 is 10.1 Å². The number of ether oxygens (including phenoxy) is 1. The second kappa shape index (κ2) is 6.06. The molecule has 1 aliphatic heterocycles. The van der Waals surface area contributed by atoms with Gasteiger partial charge in [-0.15, -0.1) is 0 Å². The molecule has 0 spiro atoms. The molecule has 1 saturated heterocycles. The summed E-state index contributed by atoms with van der Waals surface area (Å²) in [5, 5.41) is 3.43. The Morgan fingerprint density at radius 2 is 2.18 bits per heavy atom. The minimum absolute atomic E-state index is 0.524. The maximum atomic E-state index is 6.00. The normalized spacial score (nSPS) is 20.5. The van der Waals surface area contributed by atoms with E-state index < -0.39 is 0 Å². The maximum Gasteiger partial charge on any atom is 0.122 e. The van der Waals surface area contributed by atoms with Gasteiger partial charge in [0.2, 0.25) is 0 Å². The van der Waals surface area contributed by atoms with Crippen LogP contribution in [-0.2, 0) is 0 Å². The second-order valence-corrected chi connectivity index (χ2v) is 5.22. The summed E-state index contributed by atoms with van der Waals surface area (Å²) in [5.74, 6) is 2.26. The third-order valence-electron chi connectivity index (χ3n) is 3.41. The first-order valence-electron chi connectivity index (χ1n) is 6.70. The summed E-state index contributed by atoms with van der Waals surface area (Å²) in [6.45, 7) is 7.54. The van der Waals surface area contributed by atoms with Gasteiger partial charge < -0.3 is 10.1 Å². The molecule has 1 aliphatic rings. The highest BCUT2D eigenvalue weighted by molar-refractivity contribution is 5.35. The lowest BCUT2D eigenvalue weighted by molar-refractivity contribution is 0.216. The largest absolute Gasteiger partial charge is 0.493 e. The first-order chi connectivity index (χ1) is 8.27. The zero-order valence-corrected chi connectivity index (χ0v) is 10.9. The Balaban J connectivity index is 1.93. The molecule has 1 N–H and O–H groups in total. The summed E-state index contributed by atoms with van der Waals surface area (Å²) in [7, 11) is 0. The fourth-order valence-corrected chi connectivity index (χ4v) is 2.36. The van der Waals surface area contributed by atoms with E-state index >= 15 is 0 Å². The SMILES string of the molecule is CC(C)c1ccccc1OC[C@@H]1CCCNC1. The van der Waals surface area contributed by atoms with Crippen LogP contribution in [0.4, 0.5) is 0 Å². The van der Waals surface area contributed by atoms with Crippen LogP contribution in [0.2, 0.25) is 0 Å². The molecule has 0 saturated carbocycles. The number of hydrogen-bond acceptors (Lipinski definition) is 2. The minimum Gasteiger partial charge on any atom is -0.493 e. The predicted molar refractivity (Wildman–Crippen MR) is 71.6 cm³/mol. The monoisotopic (exact) mass is 233 g/mol. The van der Waals surface area contributed by atoms with Crippen molar-refractivity contribution in [2.75, 3.05) is 19.7 Å². The van der Waals surface area contributed by atoms with E-state index in [1.807, 2.05) is 0 Å². The molecule has 0 aromatic heterocycles. The van der Waals surface area contributed by atoms with E-state index in [0.717, 1.165) is 18.9 Å². The lowest BCUT2D eigenvalue weighted by Crippen LogP contribution is -2.33. The highest BCUT2D eigenvalue weighted by atomic mass is 16.5. The Kier molecular flexibility index (Phi) is 4.43. The molecule has 94 valence electrons. The average molecular weight is 233 g/mol. The molecule has 0 aliphatic carbocycles. The van der Waals surface area contributed by atoms with E-state index in [-0.39, 0.29) is 0 Å². The highest BCUT2D eigenvalue weighted by Gasteiger charge is 2.14. The van der Waals surface area contributed by atoms with Crippen molar-refractivity contribution in [3.05, 3.63) is 29.8 Å². The molecule has 0 bridgehead atoms. The Labute approximate surface area is 104 Å². The lowest BCUT2D eigenvalue weighted by atomic mass is 10.00. The smallest absolute Gasteiger partial charge is 0.122 e. The fourth-order valence-electron chi connectivity index (χ4n) is 2.36. The Bertz CT molecular complexity index is 343. The molecule has 2 heteroatoms. The van der Waals surface area contributed by atoms with Gasteiger partial charge in [0.15, 0.2) is 0 Å². The summed E-state index contributed by atoms with van der Waals surface area (Å²) in [4.78, 5) is 0. The summed E-state index contributed by atoms with van der Waals surface area (Å²) in [6, 6.07) is 8.40. The van der Waals surface area contributed by atoms with E-state index in [0.29, 0.717) is 11.8 Å². The zero-order valence-electron chi connectivity index (χ0n) is 10.9. The molecule has 1 heterocycles. The molecule has 2 nitrogen and oxygen atoms in total. The maximum absolute atomic E-state index is 6.00. The molecular weight excluding hydrogens is 210 g/mol. The van der Waals surface area contributed by atoms with Gasteiger partial charge in [0.25, 0.3) is 0 Å². The van der Waals surface area contributed by atoms with Gasteiger partial charge in [-0.1, -0.05) is 32.0 Å². The van der Waals surface area contributed by atoms with Gasteiger partial charge in [0.05, 0.1) is 6.61 Å². The fraction of sp³-hybridized carbons (Fsp3) is 0.600. The van der Waals surface area contributed by atoms with Gasteiger partial charge in [0.1, 0.15) is 5.75 Å². The van der Waals surface area contributed by atoms with Crippen molar-refractivity contribution in [3.8, 4) is 5.75 Å². The Morgan fingerprint density at radius 1 is 1.35 bits per heavy atom. The van der Waals surface area contributed by atoms with Gasteiger partial charge in [0, 0.05) is 12.5 Å². The molecule has 1 aromatic carbocycles. The number of rotatable bonds is 4. The van der Waals surface area contributed by atoms with E-state index in [2.05, 4.69) is 43.4 Å². The van der Waals surface area contributed by atoms with E-state index in [1.165, 1.54) is 24.9 Å². The van der Waals surface area contributed by atoms with Crippen molar-refractivity contribution < 1.29 is 4.74 Å². The van der Waals surface area contributed by atoms with E-state index in [1.54, 1.807) is 0 Å². The van der Waals surface area contributed by atoms with Crippen molar-refractivity contribution >= 4 is 0 Å². The Hall–Kier alpha value is -1.02. The predicted octanol–water partition coefficient (Wildman–Crippen LogP) is 3.19. The number of piperidine rings is 1. The molecule has 1 atom stereocenters. The van der Waals surface area contributed by atoms with Crippen molar-refractivity contribution in [2.45, 2.75) is 32.6 Å². The van der Waals surface area contributed by atoms with E-state index in [9.17, 15) is 0 Å². The van der Waals surface area contributed by atoms with Crippen LogP contribution in [0.3, 0.4) is 0 Å². The number of nitrogens with one attached hydrogen (secondary N) is 1. The summed E-state index contributed by atoms with van der Waals surface area (Å²) >= 11 is 0. The minimum atomic E-state index is 0.524. The van der Waals surface area contributed by atoms with Crippen molar-refractivity contribution in [2.24, 2.45) is 5.92 Å². The lowest BCUT2D eigenvalue weighted by Gasteiger charge is -2.23. The van der Waals surface area contributed by atoms with Crippen molar-refractivity contribution in [1.29, 1.82) is 0 Å². The summed E-state index contributed by atoms with van der Waals surface area (Å²) < 4.78 is 6.00. The Morgan fingerprint density at radius 3 is 2.88 bits per heavy atom. The van der Waals surface area contributed by atoms with Gasteiger partial charge in [-0.05, 0) is 36.9 Å². The molecule has 1 fully saturated rings. The standard InChI is InChI=1S/C15H23NO/c1-12(2)14-7-3-4-8-15(14)17-11-13-6-5-9-16-10-13/h3-4,7-8,12-13,16H,5-6,9-11H2,1-2H3/t13-/m1/s1. The third kappa shape index (κ3) is 3.47. The van der Waals surface area contributed by atoms with Crippen LogP contribution in [-0.4, -0.2) is 19.7 Å². The first-order valence-corrected chi connectivity index (χ1v) is 6.70. The summed E-state index contributed by atoms with van der Waals surface area (Å²) in [6.07, 6.45) is 2.57. The van der Waals surface area contributed by atoms with Crippen LogP contribution in [0.1, 0.15) is 38.2 Å². The molecule has 0 amide bonds. The van der Waals surface area contributed by atoms with Gasteiger partial charge in [-0.2, -0.15) is 0 Å². The number of para-hydroxylation sites is 1. The molecule has 1 aromatic rings. The topological polar surface area (TPSA) is 21.3 Å². The molecule has 0 radical (unpaired) electrons. The molecule has 0 unspecified atom stereocenters. The van der Waals surface area contributed by atoms with Crippen LogP contribution in [0.15, 0.2) is 24.3 Å². The number of hydrogen-bond donors (Lipinski definition) is 1. The summed E-state index contributed by atoms with van der Waals surface area (Å²) in [5.41, 5.74) is 1.32. The average Bonchev–Trinajstić information content (AvgIpc) is 2.38. The zero-order chi connectivity index (χ0) is 12.1. The van der Waals surface area contributed by atoms with Crippen molar-refractivity contribution in [1.82, 2.24) is 5.32 Å². The molecule has 2 rings (SSSR count). The van der Waals surface area contributed by atoms with Gasteiger partial charge in [-0.3, -0.25) is 0 Å². The first kappa shape index (κ1) is 12.4. The second-order valence-electron chi connectivity index (χ2n) is 5.22. The van der Waals surface area contributed by atoms with Crippen LogP contribution in [0.5, 0.6) is 5.75 Å². The quantitative estimate of drug-likeness (QED) is 0.862.